The summed E-state index contributed by atoms with van der Waals surface area (Å²) in [4.78, 5) is 12.8. The molecule has 0 bridgehead atoms. The van der Waals surface area contributed by atoms with Gasteiger partial charge in [0, 0.05) is 41.9 Å². The van der Waals surface area contributed by atoms with Gasteiger partial charge < -0.3 is 16.0 Å². The van der Waals surface area contributed by atoms with Crippen LogP contribution in [0.4, 0.5) is 4.79 Å². The minimum absolute atomic E-state index is 0.0409. The number of hydrogen-bond acceptors (Lipinski definition) is 3. The highest BCUT2D eigenvalue weighted by atomic mass is 32.2. The minimum Gasteiger partial charge on any atom is -0.336 e. The molecule has 14 heavy (non-hydrogen) atoms. The molecule has 1 aliphatic rings. The largest absolute Gasteiger partial charge is 0.336 e. The van der Waals surface area contributed by atoms with Crippen molar-refractivity contribution in [3.8, 4) is 0 Å². The van der Waals surface area contributed by atoms with E-state index in [0.29, 0.717) is 31.1 Å². The zero-order chi connectivity index (χ0) is 10.4. The van der Waals surface area contributed by atoms with Gasteiger partial charge in [-0.3, -0.25) is 4.21 Å². The van der Waals surface area contributed by atoms with Gasteiger partial charge in [0.25, 0.3) is 0 Å². The number of nitrogens with two attached hydrogens (primary N) is 1. The third-order valence-corrected chi connectivity index (χ3v) is 3.49. The molecule has 6 heteroatoms. The maximum atomic E-state index is 11.4. The van der Waals surface area contributed by atoms with Crippen LogP contribution in [0.5, 0.6) is 0 Å². The molecule has 1 fully saturated rings. The summed E-state index contributed by atoms with van der Waals surface area (Å²) in [6.45, 7) is 2.60. The first-order valence-corrected chi connectivity index (χ1v) is 6.30. The molecule has 1 atom stereocenters. The molecule has 1 rings (SSSR count). The summed E-state index contributed by atoms with van der Waals surface area (Å²) >= 11 is 0. The molecule has 82 valence electrons. The molecule has 0 aromatic carbocycles. The molecule has 1 heterocycles. The molecular weight excluding hydrogens is 202 g/mol. The van der Waals surface area contributed by atoms with Crippen LogP contribution in [0, 0.1) is 0 Å². The fourth-order valence-corrected chi connectivity index (χ4v) is 2.40. The summed E-state index contributed by atoms with van der Waals surface area (Å²) in [5, 5.41) is 2.70. The predicted molar refractivity (Wildman–Crippen MR) is 56.5 cm³/mol. The van der Waals surface area contributed by atoms with Gasteiger partial charge in [-0.15, -0.1) is 0 Å². The lowest BCUT2D eigenvalue weighted by atomic mass is 10.5. The third kappa shape index (κ3) is 3.63. The van der Waals surface area contributed by atoms with E-state index in [-0.39, 0.29) is 6.03 Å². The van der Waals surface area contributed by atoms with E-state index in [2.05, 4.69) is 5.32 Å². The highest BCUT2D eigenvalue weighted by Gasteiger charge is 2.19. The van der Waals surface area contributed by atoms with E-state index >= 15 is 0 Å². The van der Waals surface area contributed by atoms with E-state index in [1.807, 2.05) is 0 Å². The van der Waals surface area contributed by atoms with Crippen molar-refractivity contribution >= 4 is 16.8 Å². The summed E-state index contributed by atoms with van der Waals surface area (Å²) in [5.74, 6) is 1.21. The van der Waals surface area contributed by atoms with Crippen molar-refractivity contribution in [2.24, 2.45) is 5.73 Å². The lowest BCUT2D eigenvalue weighted by Crippen LogP contribution is -2.32. The van der Waals surface area contributed by atoms with Crippen LogP contribution < -0.4 is 11.1 Å². The molecule has 5 nitrogen and oxygen atoms in total. The molecule has 0 radical (unpaired) electrons. The summed E-state index contributed by atoms with van der Waals surface area (Å²) in [5.41, 5.74) is 5.31. The van der Waals surface area contributed by atoms with E-state index in [4.69, 9.17) is 5.73 Å². The monoisotopic (exact) mass is 219 g/mol. The Balaban J connectivity index is 2.13. The highest BCUT2D eigenvalue weighted by Crippen LogP contribution is 1.97. The topological polar surface area (TPSA) is 75.4 Å². The molecule has 0 saturated carbocycles. The lowest BCUT2D eigenvalue weighted by molar-refractivity contribution is 0.220. The number of rotatable bonds is 6. The number of nitrogens with one attached hydrogen (secondary N) is 1. The SMILES string of the molecule is NCCCS(=O)CCN1CCNC1=O. The Bertz CT molecular complexity index is 223. The second-order valence-electron chi connectivity index (χ2n) is 3.21. The van der Waals surface area contributed by atoms with Gasteiger partial charge in [0.05, 0.1) is 0 Å². The van der Waals surface area contributed by atoms with Gasteiger partial charge in [-0.25, -0.2) is 4.79 Å². The van der Waals surface area contributed by atoms with Gasteiger partial charge in [-0.05, 0) is 13.0 Å². The quantitative estimate of drug-likeness (QED) is 0.608. The Morgan fingerprint density at radius 3 is 2.86 bits per heavy atom. The highest BCUT2D eigenvalue weighted by molar-refractivity contribution is 7.84. The van der Waals surface area contributed by atoms with Crippen molar-refractivity contribution in [3.63, 3.8) is 0 Å². The molecule has 3 N–H and O–H groups in total. The summed E-state index contributed by atoms with van der Waals surface area (Å²) < 4.78 is 11.4. The maximum absolute atomic E-state index is 11.4. The van der Waals surface area contributed by atoms with Crippen LogP contribution in [-0.4, -0.2) is 52.8 Å². The Morgan fingerprint density at radius 2 is 2.29 bits per heavy atom. The van der Waals surface area contributed by atoms with Crippen molar-refractivity contribution in [1.82, 2.24) is 10.2 Å². The Labute approximate surface area is 86.5 Å². The van der Waals surface area contributed by atoms with Crippen molar-refractivity contribution in [3.05, 3.63) is 0 Å². The predicted octanol–water partition coefficient (Wildman–Crippen LogP) is -0.891. The zero-order valence-electron chi connectivity index (χ0n) is 8.20. The van der Waals surface area contributed by atoms with E-state index < -0.39 is 10.8 Å². The van der Waals surface area contributed by atoms with Crippen LogP contribution in [0.3, 0.4) is 0 Å². The molecular formula is C8H17N3O2S. The number of urea groups is 1. The summed E-state index contributed by atoms with van der Waals surface area (Å²) in [7, 11) is -0.833. The zero-order valence-corrected chi connectivity index (χ0v) is 9.02. The molecule has 2 amide bonds. The van der Waals surface area contributed by atoms with Gasteiger partial charge in [0.15, 0.2) is 0 Å². The van der Waals surface area contributed by atoms with Gasteiger partial charge in [-0.1, -0.05) is 0 Å². The summed E-state index contributed by atoms with van der Waals surface area (Å²) in [6.07, 6.45) is 0.790. The van der Waals surface area contributed by atoms with Crippen LogP contribution in [0.1, 0.15) is 6.42 Å². The van der Waals surface area contributed by atoms with Crippen LogP contribution in [0.25, 0.3) is 0 Å². The van der Waals surface area contributed by atoms with Crippen molar-refractivity contribution in [2.75, 3.05) is 37.7 Å². The van der Waals surface area contributed by atoms with E-state index in [1.54, 1.807) is 4.90 Å². The van der Waals surface area contributed by atoms with E-state index in [0.717, 1.165) is 13.0 Å². The molecule has 0 aromatic rings. The first-order valence-electron chi connectivity index (χ1n) is 4.82. The van der Waals surface area contributed by atoms with Crippen LogP contribution in [0.15, 0.2) is 0 Å². The molecule has 0 spiro atoms. The second kappa shape index (κ2) is 5.98. The Morgan fingerprint density at radius 1 is 1.50 bits per heavy atom. The van der Waals surface area contributed by atoms with Crippen molar-refractivity contribution in [2.45, 2.75) is 6.42 Å². The normalized spacial score (nSPS) is 18.4. The summed E-state index contributed by atoms with van der Waals surface area (Å²) in [6, 6.07) is -0.0409. The number of nitrogens with zero attached hydrogens (tertiary/aromatic N) is 1. The first kappa shape index (κ1) is 11.5. The minimum atomic E-state index is -0.833. The van der Waals surface area contributed by atoms with Crippen LogP contribution in [-0.2, 0) is 10.8 Å². The average molecular weight is 219 g/mol. The third-order valence-electron chi connectivity index (χ3n) is 2.11. The van der Waals surface area contributed by atoms with Gasteiger partial charge in [-0.2, -0.15) is 0 Å². The standard InChI is InChI=1S/C8H17N3O2S/c9-2-1-6-14(13)7-5-11-4-3-10-8(11)12/h1-7,9H2,(H,10,12). The number of carbonyl (C=O) groups is 1. The first-order chi connectivity index (χ1) is 6.74. The van der Waals surface area contributed by atoms with Crippen LogP contribution in [0.2, 0.25) is 0 Å². The fraction of sp³-hybridized carbons (Fsp3) is 0.875. The Kier molecular flexibility index (Phi) is 4.89. The Hall–Kier alpha value is -0.620. The number of amides is 2. The average Bonchev–Trinajstić information content (AvgIpc) is 2.58. The lowest BCUT2D eigenvalue weighted by Gasteiger charge is -2.12. The second-order valence-corrected chi connectivity index (χ2v) is 4.91. The maximum Gasteiger partial charge on any atom is 0.317 e. The van der Waals surface area contributed by atoms with Gasteiger partial charge >= 0.3 is 6.03 Å². The molecule has 1 saturated heterocycles. The fourth-order valence-electron chi connectivity index (χ4n) is 1.28. The number of carbonyl (C=O) groups excluding carboxylic acids is 1. The van der Waals surface area contributed by atoms with E-state index in [9.17, 15) is 9.00 Å². The molecule has 0 aliphatic carbocycles. The van der Waals surface area contributed by atoms with Crippen molar-refractivity contribution < 1.29 is 9.00 Å². The molecule has 0 aromatic heterocycles. The van der Waals surface area contributed by atoms with Crippen molar-refractivity contribution in [1.29, 1.82) is 0 Å². The van der Waals surface area contributed by atoms with Crippen LogP contribution >= 0.6 is 0 Å². The smallest absolute Gasteiger partial charge is 0.317 e. The van der Waals surface area contributed by atoms with E-state index in [1.165, 1.54) is 0 Å². The van der Waals surface area contributed by atoms with Gasteiger partial charge in [0.1, 0.15) is 0 Å². The van der Waals surface area contributed by atoms with Gasteiger partial charge in [0.2, 0.25) is 0 Å². The number of hydrogen-bond donors (Lipinski definition) is 2. The molecule has 1 unspecified atom stereocenters. The molecule has 1 aliphatic heterocycles.